The van der Waals surface area contributed by atoms with Crippen LogP contribution < -0.4 is 5.73 Å². The zero-order valence-electron chi connectivity index (χ0n) is 5.93. The third-order valence-corrected chi connectivity index (χ3v) is 1.78. The van der Waals surface area contributed by atoms with Gasteiger partial charge in [0.1, 0.15) is 5.82 Å². The molecule has 1 nitrogen and oxygen atoms in total. The Kier molecular flexibility index (Phi) is 2.85. The van der Waals surface area contributed by atoms with Gasteiger partial charge in [-0.1, -0.05) is 12.1 Å². The maximum atomic E-state index is 12.6. The summed E-state index contributed by atoms with van der Waals surface area (Å²) in [6, 6.07) is 5.89. The van der Waals surface area contributed by atoms with Crippen molar-refractivity contribution < 1.29 is 4.39 Å². The van der Waals surface area contributed by atoms with Crippen molar-refractivity contribution in [2.45, 2.75) is 6.04 Å². The minimum Gasteiger partial charge on any atom is -0.323 e. The lowest BCUT2D eigenvalue weighted by molar-refractivity contribution is 0.622. The van der Waals surface area contributed by atoms with Crippen LogP contribution in [0.5, 0.6) is 0 Å². The second-order valence-electron chi connectivity index (χ2n) is 2.32. The van der Waals surface area contributed by atoms with E-state index >= 15 is 0 Å². The largest absolute Gasteiger partial charge is 0.323 e. The van der Waals surface area contributed by atoms with Gasteiger partial charge in [0.15, 0.2) is 0 Å². The second-order valence-corrected chi connectivity index (χ2v) is 2.62. The average Bonchev–Trinajstić information content (AvgIpc) is 2.03. The maximum absolute atomic E-state index is 12.6. The Bertz CT molecular complexity index is 239. The van der Waals surface area contributed by atoms with Crippen LogP contribution in [0.25, 0.3) is 0 Å². The van der Waals surface area contributed by atoms with E-state index in [-0.39, 0.29) is 11.9 Å². The van der Waals surface area contributed by atoms with E-state index in [1.807, 2.05) is 0 Å². The molecule has 1 aromatic rings. The normalized spacial score (nSPS) is 13.0. The quantitative estimate of drug-likeness (QED) is 0.681. The Morgan fingerprint density at radius 1 is 1.55 bits per heavy atom. The molecular weight excluding hydrogens is 165 g/mol. The van der Waals surface area contributed by atoms with Crippen LogP contribution in [0.2, 0.25) is 0 Å². The molecule has 0 spiro atoms. The summed E-state index contributed by atoms with van der Waals surface area (Å²) >= 11 is 5.49. The predicted octanol–water partition coefficient (Wildman–Crippen LogP) is 2.06. The van der Waals surface area contributed by atoms with Gasteiger partial charge in [-0.3, -0.25) is 0 Å². The fourth-order valence-electron chi connectivity index (χ4n) is 0.826. The van der Waals surface area contributed by atoms with Gasteiger partial charge in [0.2, 0.25) is 0 Å². The van der Waals surface area contributed by atoms with Crippen molar-refractivity contribution in [2.24, 2.45) is 5.73 Å². The van der Waals surface area contributed by atoms with Gasteiger partial charge in [0.05, 0.1) is 0 Å². The van der Waals surface area contributed by atoms with Gasteiger partial charge in [-0.15, -0.1) is 11.6 Å². The molecule has 0 radical (unpaired) electrons. The number of hydrogen-bond acceptors (Lipinski definition) is 1. The van der Waals surface area contributed by atoms with E-state index in [1.54, 1.807) is 12.1 Å². The first-order chi connectivity index (χ1) is 5.24. The minimum atomic E-state index is -0.275. The fourth-order valence-corrected chi connectivity index (χ4v) is 1.00. The number of benzene rings is 1. The van der Waals surface area contributed by atoms with Crippen LogP contribution in [0.4, 0.5) is 4.39 Å². The molecule has 0 bridgehead atoms. The summed E-state index contributed by atoms with van der Waals surface area (Å²) in [5, 5.41) is 0. The van der Waals surface area contributed by atoms with Gasteiger partial charge in [0.25, 0.3) is 0 Å². The molecule has 3 heteroatoms. The second kappa shape index (κ2) is 3.69. The molecule has 0 amide bonds. The Balaban J connectivity index is 2.86. The average molecular weight is 174 g/mol. The lowest BCUT2D eigenvalue weighted by atomic mass is 10.1. The van der Waals surface area contributed by atoms with E-state index in [0.717, 1.165) is 5.56 Å². The van der Waals surface area contributed by atoms with Crippen molar-refractivity contribution in [1.29, 1.82) is 0 Å². The summed E-state index contributed by atoms with van der Waals surface area (Å²) in [5.41, 5.74) is 6.30. The summed E-state index contributed by atoms with van der Waals surface area (Å²) in [7, 11) is 0. The van der Waals surface area contributed by atoms with Crippen molar-refractivity contribution in [2.75, 3.05) is 5.88 Å². The Hall–Kier alpha value is -0.600. The molecule has 60 valence electrons. The van der Waals surface area contributed by atoms with Crippen LogP contribution in [0, 0.1) is 5.82 Å². The number of hydrogen-bond donors (Lipinski definition) is 1. The van der Waals surface area contributed by atoms with Crippen molar-refractivity contribution in [3.63, 3.8) is 0 Å². The summed E-state index contributed by atoms with van der Waals surface area (Å²) in [4.78, 5) is 0. The first kappa shape index (κ1) is 8.50. The lowest BCUT2D eigenvalue weighted by Gasteiger charge is -2.06. The number of halogens is 2. The molecule has 1 atom stereocenters. The van der Waals surface area contributed by atoms with Crippen LogP contribution in [-0.2, 0) is 0 Å². The van der Waals surface area contributed by atoms with Gasteiger partial charge in [-0.05, 0) is 17.7 Å². The van der Waals surface area contributed by atoms with Gasteiger partial charge < -0.3 is 5.73 Å². The number of rotatable bonds is 2. The molecule has 2 N–H and O–H groups in total. The van der Waals surface area contributed by atoms with Crippen LogP contribution in [-0.4, -0.2) is 5.88 Å². The summed E-state index contributed by atoms with van der Waals surface area (Å²) in [5.74, 6) is 0.0340. The highest BCUT2D eigenvalue weighted by atomic mass is 35.5. The molecule has 11 heavy (non-hydrogen) atoms. The van der Waals surface area contributed by atoms with E-state index < -0.39 is 0 Å². The summed E-state index contributed by atoms with van der Waals surface area (Å²) in [6.07, 6.45) is 0. The molecule has 0 heterocycles. The first-order valence-corrected chi connectivity index (χ1v) is 3.84. The van der Waals surface area contributed by atoms with Gasteiger partial charge in [-0.2, -0.15) is 0 Å². The van der Waals surface area contributed by atoms with Crippen LogP contribution in [0.15, 0.2) is 24.3 Å². The third-order valence-electron chi connectivity index (χ3n) is 1.44. The summed E-state index contributed by atoms with van der Waals surface area (Å²) < 4.78 is 12.6. The van der Waals surface area contributed by atoms with Crippen molar-refractivity contribution >= 4 is 11.6 Å². The number of alkyl halides is 1. The van der Waals surface area contributed by atoms with E-state index in [2.05, 4.69) is 0 Å². The molecular formula is C8H9ClFN. The fraction of sp³-hybridized carbons (Fsp3) is 0.250. The highest BCUT2D eigenvalue weighted by molar-refractivity contribution is 6.18. The smallest absolute Gasteiger partial charge is 0.123 e. The standard InChI is InChI=1S/C8H9ClFN/c9-5-8(11)6-2-1-3-7(10)4-6/h1-4,8H,5,11H2. The molecule has 0 saturated heterocycles. The molecule has 0 aliphatic heterocycles. The van der Waals surface area contributed by atoms with Crippen molar-refractivity contribution in [3.8, 4) is 0 Å². The zero-order chi connectivity index (χ0) is 8.27. The molecule has 1 unspecified atom stereocenters. The van der Waals surface area contributed by atoms with Crippen LogP contribution >= 0.6 is 11.6 Å². The lowest BCUT2D eigenvalue weighted by Crippen LogP contribution is -2.11. The van der Waals surface area contributed by atoms with Crippen molar-refractivity contribution in [3.05, 3.63) is 35.6 Å². The van der Waals surface area contributed by atoms with E-state index in [4.69, 9.17) is 17.3 Å². The predicted molar refractivity (Wildman–Crippen MR) is 44.0 cm³/mol. The first-order valence-electron chi connectivity index (χ1n) is 3.31. The van der Waals surface area contributed by atoms with Gasteiger partial charge >= 0.3 is 0 Å². The zero-order valence-corrected chi connectivity index (χ0v) is 6.68. The highest BCUT2D eigenvalue weighted by Crippen LogP contribution is 2.12. The van der Waals surface area contributed by atoms with Gasteiger partial charge in [-0.25, -0.2) is 4.39 Å². The Morgan fingerprint density at radius 2 is 2.27 bits per heavy atom. The molecule has 1 aromatic carbocycles. The minimum absolute atomic E-state index is 0.271. The monoisotopic (exact) mass is 173 g/mol. The SMILES string of the molecule is NC(CCl)c1cccc(F)c1. The molecule has 0 saturated carbocycles. The Morgan fingerprint density at radius 3 is 2.82 bits per heavy atom. The Labute approximate surface area is 70.0 Å². The third kappa shape index (κ3) is 2.17. The van der Waals surface area contributed by atoms with Crippen molar-refractivity contribution in [1.82, 2.24) is 0 Å². The van der Waals surface area contributed by atoms with E-state index in [1.165, 1.54) is 12.1 Å². The topological polar surface area (TPSA) is 26.0 Å². The molecule has 0 aromatic heterocycles. The molecule has 0 fully saturated rings. The number of nitrogens with two attached hydrogens (primary N) is 1. The summed E-state index contributed by atoms with van der Waals surface area (Å²) in [6.45, 7) is 0. The van der Waals surface area contributed by atoms with Crippen LogP contribution in [0.3, 0.4) is 0 Å². The van der Waals surface area contributed by atoms with Gasteiger partial charge in [0, 0.05) is 11.9 Å². The highest BCUT2D eigenvalue weighted by Gasteiger charge is 2.03. The van der Waals surface area contributed by atoms with E-state index in [9.17, 15) is 4.39 Å². The molecule has 0 aliphatic rings. The van der Waals surface area contributed by atoms with E-state index in [0.29, 0.717) is 5.88 Å². The van der Waals surface area contributed by atoms with Crippen LogP contribution in [0.1, 0.15) is 11.6 Å². The molecule has 0 aliphatic carbocycles. The molecule has 1 rings (SSSR count). The maximum Gasteiger partial charge on any atom is 0.123 e.